The Morgan fingerprint density at radius 1 is 0.486 bits per heavy atom. The van der Waals surface area contributed by atoms with E-state index in [1.54, 1.807) is 0 Å². The molecule has 0 saturated heterocycles. The molecule has 1 aliphatic heterocycles. The van der Waals surface area contributed by atoms with Gasteiger partial charge in [-0.3, -0.25) is 0 Å². The predicted octanol–water partition coefficient (Wildman–Crippen LogP) is 10.1. The van der Waals surface area contributed by atoms with Crippen LogP contribution in [0.4, 0.5) is 17.1 Å². The molecular weight excluding hydrogens is 516 g/mol. The largest absolute Gasteiger partial charge is 0.309 e. The number of hydrogen-bond donors (Lipinski definition) is 0. The van der Waals surface area contributed by atoms with Gasteiger partial charge >= 0.3 is 0 Å². The molecule has 0 radical (unpaired) electrons. The van der Waals surface area contributed by atoms with Crippen LogP contribution in [0.2, 0.25) is 0 Å². The molecule has 0 N–H and O–H groups in total. The number of anilines is 3. The average Bonchev–Trinajstić information content (AvgIpc) is 3.28. The van der Waals surface area contributed by atoms with E-state index in [-0.39, 0.29) is 0 Å². The van der Waals surface area contributed by atoms with E-state index in [9.17, 15) is 0 Å². The number of nitrogens with zero attached hydrogens (tertiary/aromatic N) is 2. The van der Waals surface area contributed by atoms with Crippen LogP contribution in [0.1, 0.15) is 0 Å². The van der Waals surface area contributed by atoms with Crippen molar-refractivity contribution in [3.8, 4) is 16.8 Å². The highest BCUT2D eigenvalue weighted by molar-refractivity contribution is 9.10. The zero-order valence-corrected chi connectivity index (χ0v) is 21.5. The molecule has 8 rings (SSSR count). The first kappa shape index (κ1) is 20.8. The van der Waals surface area contributed by atoms with Gasteiger partial charge in [-0.25, -0.2) is 0 Å². The maximum Gasteiger partial charge on any atom is 0.0561 e. The molecule has 0 atom stereocenters. The average molecular weight is 537 g/mol. The molecule has 0 amide bonds. The molecule has 0 unspecified atom stereocenters. The van der Waals surface area contributed by atoms with Gasteiger partial charge in [-0.15, -0.1) is 0 Å². The van der Waals surface area contributed by atoms with Crippen LogP contribution in [-0.4, -0.2) is 4.57 Å². The van der Waals surface area contributed by atoms with Crippen molar-refractivity contribution in [1.82, 2.24) is 4.57 Å². The summed E-state index contributed by atoms with van der Waals surface area (Å²) in [5.41, 5.74) is 9.66. The molecule has 7 aromatic rings. The van der Waals surface area contributed by atoms with Crippen LogP contribution in [0.5, 0.6) is 0 Å². The Morgan fingerprint density at radius 3 is 2.16 bits per heavy atom. The number of fused-ring (bicyclic) bond motifs is 5. The Kier molecular flexibility index (Phi) is 4.40. The minimum Gasteiger partial charge on any atom is -0.309 e. The Bertz CT molecular complexity index is 2000. The fourth-order valence-corrected chi connectivity index (χ4v) is 6.37. The zero-order chi connectivity index (χ0) is 24.5. The molecule has 3 heteroatoms. The summed E-state index contributed by atoms with van der Waals surface area (Å²) in [4.78, 5) is 2.42. The number of benzene rings is 6. The van der Waals surface area contributed by atoms with E-state index in [1.165, 1.54) is 60.8 Å². The second kappa shape index (κ2) is 7.83. The topological polar surface area (TPSA) is 8.17 Å². The Balaban J connectivity index is 1.47. The van der Waals surface area contributed by atoms with E-state index in [4.69, 9.17) is 0 Å². The third-order valence-electron chi connectivity index (χ3n) is 7.54. The molecule has 1 aliphatic rings. The second-order valence-corrected chi connectivity index (χ2v) is 10.5. The minimum atomic E-state index is 1.09. The number of hydrogen-bond acceptors (Lipinski definition) is 1. The van der Waals surface area contributed by atoms with E-state index >= 15 is 0 Å². The van der Waals surface area contributed by atoms with Crippen molar-refractivity contribution < 1.29 is 0 Å². The molecular formula is C34H21BrN2. The zero-order valence-electron chi connectivity index (χ0n) is 19.9. The summed E-state index contributed by atoms with van der Waals surface area (Å²) in [6, 6.07) is 46.1. The number of para-hydroxylation sites is 2. The smallest absolute Gasteiger partial charge is 0.0561 e. The summed E-state index contributed by atoms with van der Waals surface area (Å²) < 4.78 is 3.47. The molecule has 0 fully saturated rings. The van der Waals surface area contributed by atoms with Crippen molar-refractivity contribution in [3.63, 3.8) is 0 Å². The highest BCUT2D eigenvalue weighted by Gasteiger charge is 2.26. The Labute approximate surface area is 223 Å². The van der Waals surface area contributed by atoms with Gasteiger partial charge in [0.1, 0.15) is 0 Å². The SMILES string of the molecule is Brc1ccc2c(c1)-c1cccc3cccc(c13)N2c1ccc2c3ccccc3n(-c3ccccc3)c2c1. The van der Waals surface area contributed by atoms with Gasteiger partial charge in [-0.2, -0.15) is 0 Å². The van der Waals surface area contributed by atoms with Crippen molar-refractivity contribution in [1.29, 1.82) is 0 Å². The van der Waals surface area contributed by atoms with E-state index < -0.39 is 0 Å². The van der Waals surface area contributed by atoms with Gasteiger partial charge in [0.05, 0.1) is 22.4 Å². The van der Waals surface area contributed by atoms with Crippen molar-refractivity contribution in [3.05, 3.63) is 132 Å². The quantitative estimate of drug-likeness (QED) is 0.213. The summed E-state index contributed by atoms with van der Waals surface area (Å²) in [5.74, 6) is 0. The maximum absolute atomic E-state index is 3.72. The summed E-state index contributed by atoms with van der Waals surface area (Å²) in [6.07, 6.45) is 0. The first-order chi connectivity index (χ1) is 18.3. The monoisotopic (exact) mass is 536 g/mol. The summed E-state index contributed by atoms with van der Waals surface area (Å²) in [5, 5.41) is 5.07. The standard InChI is InChI=1S/C34H21BrN2/c35-23-16-19-31-29(20-23)28-13-6-8-22-9-7-15-32(34(22)28)37(31)25-17-18-27-26-12-4-5-14-30(26)36(33(27)21-25)24-10-2-1-3-11-24/h1-21H. The first-order valence-electron chi connectivity index (χ1n) is 12.5. The molecule has 1 aromatic heterocycles. The molecule has 2 heterocycles. The van der Waals surface area contributed by atoms with Gasteiger partial charge < -0.3 is 9.47 Å². The third-order valence-corrected chi connectivity index (χ3v) is 8.04. The molecule has 37 heavy (non-hydrogen) atoms. The summed E-state index contributed by atoms with van der Waals surface area (Å²) in [7, 11) is 0. The van der Waals surface area contributed by atoms with E-state index in [2.05, 4.69) is 153 Å². The lowest BCUT2D eigenvalue weighted by atomic mass is 9.91. The minimum absolute atomic E-state index is 1.09. The van der Waals surface area contributed by atoms with Crippen LogP contribution < -0.4 is 4.90 Å². The first-order valence-corrected chi connectivity index (χ1v) is 13.3. The van der Waals surface area contributed by atoms with Crippen molar-refractivity contribution in [2.45, 2.75) is 0 Å². The van der Waals surface area contributed by atoms with E-state index in [1.807, 2.05) is 0 Å². The highest BCUT2D eigenvalue weighted by Crippen LogP contribution is 2.51. The number of rotatable bonds is 2. The molecule has 0 saturated carbocycles. The molecule has 0 aliphatic carbocycles. The van der Waals surface area contributed by atoms with Crippen LogP contribution >= 0.6 is 15.9 Å². The normalized spacial score (nSPS) is 12.4. The fourth-order valence-electron chi connectivity index (χ4n) is 6.01. The van der Waals surface area contributed by atoms with Crippen LogP contribution in [0.3, 0.4) is 0 Å². The van der Waals surface area contributed by atoms with E-state index in [0.717, 1.165) is 10.2 Å². The molecule has 0 bridgehead atoms. The van der Waals surface area contributed by atoms with Crippen LogP contribution in [0.25, 0.3) is 49.4 Å². The maximum atomic E-state index is 3.72. The van der Waals surface area contributed by atoms with Crippen molar-refractivity contribution in [2.24, 2.45) is 0 Å². The van der Waals surface area contributed by atoms with Crippen molar-refractivity contribution >= 4 is 65.6 Å². The lowest BCUT2D eigenvalue weighted by Crippen LogP contribution is -2.15. The summed E-state index contributed by atoms with van der Waals surface area (Å²) in [6.45, 7) is 0. The number of aromatic nitrogens is 1. The van der Waals surface area contributed by atoms with Crippen LogP contribution in [-0.2, 0) is 0 Å². The molecule has 0 spiro atoms. The second-order valence-electron chi connectivity index (χ2n) is 9.57. The van der Waals surface area contributed by atoms with Gasteiger partial charge in [-0.05, 0) is 65.5 Å². The van der Waals surface area contributed by atoms with Gasteiger partial charge in [0.25, 0.3) is 0 Å². The van der Waals surface area contributed by atoms with Crippen LogP contribution in [0, 0.1) is 0 Å². The number of halogens is 1. The third kappa shape index (κ3) is 2.98. The molecule has 174 valence electrons. The Hall–Kier alpha value is -4.34. The predicted molar refractivity (Wildman–Crippen MR) is 160 cm³/mol. The highest BCUT2D eigenvalue weighted by atomic mass is 79.9. The van der Waals surface area contributed by atoms with Gasteiger partial charge in [0.15, 0.2) is 0 Å². The lowest BCUT2D eigenvalue weighted by molar-refractivity contribution is 1.18. The van der Waals surface area contributed by atoms with Gasteiger partial charge in [0, 0.05) is 37.6 Å². The van der Waals surface area contributed by atoms with Crippen LogP contribution in [0.15, 0.2) is 132 Å². The van der Waals surface area contributed by atoms with E-state index in [0.29, 0.717) is 0 Å². The van der Waals surface area contributed by atoms with Gasteiger partial charge in [0.2, 0.25) is 0 Å². The lowest BCUT2D eigenvalue weighted by Gasteiger charge is -2.33. The molecule has 2 nitrogen and oxygen atoms in total. The Morgan fingerprint density at radius 2 is 1.27 bits per heavy atom. The van der Waals surface area contributed by atoms with Gasteiger partial charge in [-0.1, -0.05) is 88.7 Å². The van der Waals surface area contributed by atoms with Crippen molar-refractivity contribution in [2.75, 3.05) is 4.90 Å². The fraction of sp³-hybridized carbons (Fsp3) is 0. The molecule has 6 aromatic carbocycles. The summed E-state index contributed by atoms with van der Waals surface area (Å²) >= 11 is 3.72.